The molecule has 0 bridgehead atoms. The van der Waals surface area contributed by atoms with Crippen molar-refractivity contribution in [2.24, 2.45) is 0 Å². The van der Waals surface area contributed by atoms with Gasteiger partial charge in [-0.15, -0.1) is 0 Å². The Hall–Kier alpha value is -0.950. The van der Waals surface area contributed by atoms with Crippen LogP contribution in [-0.4, -0.2) is 34.2 Å². The van der Waals surface area contributed by atoms with Gasteiger partial charge in [0.1, 0.15) is 0 Å². The predicted molar refractivity (Wildman–Crippen MR) is 82.7 cm³/mol. The zero-order valence-electron chi connectivity index (χ0n) is 12.7. The van der Waals surface area contributed by atoms with Crippen LogP contribution in [0.5, 0.6) is 0 Å². The minimum absolute atomic E-state index is 0.292. The average Bonchev–Trinajstić information content (AvgIpc) is 3.26. The highest BCUT2D eigenvalue weighted by Crippen LogP contribution is 2.22. The molecule has 0 amide bonds. The molecule has 2 rings (SSSR count). The minimum atomic E-state index is -3.47. The maximum atomic E-state index is 12.3. The van der Waals surface area contributed by atoms with Crippen molar-refractivity contribution in [2.75, 3.05) is 19.8 Å². The van der Waals surface area contributed by atoms with E-state index in [-0.39, 0.29) is 0 Å². The van der Waals surface area contributed by atoms with Gasteiger partial charge in [0.05, 0.1) is 11.5 Å². The van der Waals surface area contributed by atoms with Crippen LogP contribution in [0.2, 0.25) is 0 Å². The highest BCUT2D eigenvalue weighted by molar-refractivity contribution is 7.89. The Morgan fingerprint density at radius 1 is 1.33 bits per heavy atom. The maximum absolute atomic E-state index is 12.3. The lowest BCUT2D eigenvalue weighted by molar-refractivity contribution is 0.153. The summed E-state index contributed by atoms with van der Waals surface area (Å²) in [5.41, 5.74) is 1.85. The normalized spacial score (nSPS) is 15.3. The minimum Gasteiger partial charge on any atom is -0.380 e. The lowest BCUT2D eigenvalue weighted by atomic mass is 10.1. The van der Waals surface area contributed by atoms with Crippen LogP contribution in [0.15, 0.2) is 23.1 Å². The first-order chi connectivity index (χ1) is 10.0. The Kier molecular flexibility index (Phi) is 5.75. The molecule has 0 atom stereocenters. The number of rotatable bonds is 9. The molecule has 6 heteroatoms. The summed E-state index contributed by atoms with van der Waals surface area (Å²) in [7, 11) is -3.47. The number of hydrogen-bond donors (Lipinski definition) is 2. The zero-order chi connectivity index (χ0) is 15.3. The fraction of sp³-hybridized carbons (Fsp3) is 0.600. The van der Waals surface area contributed by atoms with Gasteiger partial charge in [0.15, 0.2) is 0 Å². The summed E-state index contributed by atoms with van der Waals surface area (Å²) in [4.78, 5) is 0.356. The van der Waals surface area contributed by atoms with E-state index in [9.17, 15) is 8.42 Å². The van der Waals surface area contributed by atoms with Crippen molar-refractivity contribution in [3.8, 4) is 0 Å². The van der Waals surface area contributed by atoms with Crippen molar-refractivity contribution in [3.63, 3.8) is 0 Å². The standard InChI is InChI=1S/C15H24N2O3S/c1-3-20-10-9-17-21(18,19)15-6-4-5-13(12(15)2)11-16-14-7-8-14/h4-6,14,16-17H,3,7-11H2,1-2H3. The Bertz CT molecular complexity index is 568. The van der Waals surface area contributed by atoms with Gasteiger partial charge in [-0.2, -0.15) is 0 Å². The molecule has 1 fully saturated rings. The molecule has 1 saturated carbocycles. The molecular formula is C15H24N2O3S. The monoisotopic (exact) mass is 312 g/mol. The second kappa shape index (κ2) is 7.35. The Balaban J connectivity index is 2.04. The van der Waals surface area contributed by atoms with E-state index in [1.807, 2.05) is 19.9 Å². The number of benzene rings is 1. The van der Waals surface area contributed by atoms with E-state index in [0.29, 0.717) is 30.7 Å². The van der Waals surface area contributed by atoms with E-state index in [0.717, 1.165) is 17.7 Å². The molecule has 0 spiro atoms. The highest BCUT2D eigenvalue weighted by atomic mass is 32.2. The van der Waals surface area contributed by atoms with Gasteiger partial charge in [-0.3, -0.25) is 0 Å². The Labute approximate surface area is 127 Å². The summed E-state index contributed by atoms with van der Waals surface area (Å²) in [6, 6.07) is 6.03. The van der Waals surface area contributed by atoms with Crippen molar-refractivity contribution in [1.29, 1.82) is 0 Å². The van der Waals surface area contributed by atoms with Crippen molar-refractivity contribution < 1.29 is 13.2 Å². The topological polar surface area (TPSA) is 67.4 Å². The van der Waals surface area contributed by atoms with Crippen LogP contribution < -0.4 is 10.0 Å². The van der Waals surface area contributed by atoms with Gasteiger partial charge in [0.2, 0.25) is 10.0 Å². The van der Waals surface area contributed by atoms with Gasteiger partial charge in [0.25, 0.3) is 0 Å². The Morgan fingerprint density at radius 3 is 2.76 bits per heavy atom. The molecule has 1 aliphatic rings. The number of sulfonamides is 1. The first-order valence-electron chi connectivity index (χ1n) is 7.44. The van der Waals surface area contributed by atoms with Crippen molar-refractivity contribution in [1.82, 2.24) is 10.0 Å². The SMILES string of the molecule is CCOCCNS(=O)(=O)c1cccc(CNC2CC2)c1C. The van der Waals surface area contributed by atoms with E-state index in [1.165, 1.54) is 12.8 Å². The van der Waals surface area contributed by atoms with Gasteiger partial charge in [0, 0.05) is 25.7 Å². The molecular weight excluding hydrogens is 288 g/mol. The van der Waals surface area contributed by atoms with E-state index in [2.05, 4.69) is 10.0 Å². The summed E-state index contributed by atoms with van der Waals surface area (Å²) >= 11 is 0. The molecule has 1 aliphatic carbocycles. The number of nitrogens with one attached hydrogen (secondary N) is 2. The summed E-state index contributed by atoms with van der Waals surface area (Å²) in [6.07, 6.45) is 2.44. The lowest BCUT2D eigenvalue weighted by Gasteiger charge is -2.13. The maximum Gasteiger partial charge on any atom is 0.240 e. The molecule has 21 heavy (non-hydrogen) atoms. The summed E-state index contributed by atoms with van der Waals surface area (Å²) < 4.78 is 32.4. The largest absolute Gasteiger partial charge is 0.380 e. The van der Waals surface area contributed by atoms with Gasteiger partial charge in [-0.05, 0) is 43.9 Å². The molecule has 1 aromatic rings. The molecule has 0 aliphatic heterocycles. The van der Waals surface area contributed by atoms with Gasteiger partial charge in [-0.1, -0.05) is 12.1 Å². The number of hydrogen-bond acceptors (Lipinski definition) is 4. The summed E-state index contributed by atoms with van der Waals surface area (Å²) in [5.74, 6) is 0. The predicted octanol–water partition coefficient (Wildman–Crippen LogP) is 1.56. The molecule has 5 nitrogen and oxygen atoms in total. The fourth-order valence-corrected chi connectivity index (χ4v) is 3.45. The molecule has 0 radical (unpaired) electrons. The van der Waals surface area contributed by atoms with Crippen LogP contribution in [0.3, 0.4) is 0 Å². The molecule has 0 heterocycles. The molecule has 2 N–H and O–H groups in total. The van der Waals surface area contributed by atoms with Gasteiger partial charge >= 0.3 is 0 Å². The van der Waals surface area contributed by atoms with Gasteiger partial charge in [-0.25, -0.2) is 13.1 Å². The summed E-state index contributed by atoms with van der Waals surface area (Å²) in [5, 5.41) is 3.42. The lowest BCUT2D eigenvalue weighted by Crippen LogP contribution is -2.28. The van der Waals surface area contributed by atoms with E-state index < -0.39 is 10.0 Å². The second-order valence-electron chi connectivity index (χ2n) is 5.29. The zero-order valence-corrected chi connectivity index (χ0v) is 13.5. The van der Waals surface area contributed by atoms with Crippen LogP contribution in [0.1, 0.15) is 30.9 Å². The molecule has 0 unspecified atom stereocenters. The van der Waals surface area contributed by atoms with Crippen molar-refractivity contribution >= 4 is 10.0 Å². The van der Waals surface area contributed by atoms with Crippen LogP contribution in [0, 0.1) is 6.92 Å². The Morgan fingerprint density at radius 2 is 2.10 bits per heavy atom. The average molecular weight is 312 g/mol. The number of ether oxygens (including phenoxy) is 1. The van der Waals surface area contributed by atoms with E-state index >= 15 is 0 Å². The van der Waals surface area contributed by atoms with E-state index in [4.69, 9.17) is 4.74 Å². The molecule has 0 aromatic heterocycles. The van der Waals surface area contributed by atoms with Crippen LogP contribution >= 0.6 is 0 Å². The fourth-order valence-electron chi connectivity index (χ4n) is 2.15. The quantitative estimate of drug-likeness (QED) is 0.679. The van der Waals surface area contributed by atoms with Gasteiger partial charge < -0.3 is 10.1 Å². The molecule has 1 aromatic carbocycles. The molecule has 118 valence electrons. The third-order valence-electron chi connectivity index (χ3n) is 3.59. The first kappa shape index (κ1) is 16.4. The molecule has 0 saturated heterocycles. The van der Waals surface area contributed by atoms with Crippen LogP contribution in [0.25, 0.3) is 0 Å². The third kappa shape index (κ3) is 4.78. The smallest absolute Gasteiger partial charge is 0.240 e. The summed E-state index contributed by atoms with van der Waals surface area (Å²) in [6.45, 7) is 5.73. The van der Waals surface area contributed by atoms with Crippen LogP contribution in [-0.2, 0) is 21.3 Å². The first-order valence-corrected chi connectivity index (χ1v) is 8.92. The van der Waals surface area contributed by atoms with E-state index in [1.54, 1.807) is 12.1 Å². The van der Waals surface area contributed by atoms with Crippen molar-refractivity contribution in [3.05, 3.63) is 29.3 Å². The van der Waals surface area contributed by atoms with Crippen molar-refractivity contribution in [2.45, 2.75) is 44.2 Å². The highest BCUT2D eigenvalue weighted by Gasteiger charge is 2.22. The van der Waals surface area contributed by atoms with Crippen LogP contribution in [0.4, 0.5) is 0 Å². The second-order valence-corrected chi connectivity index (χ2v) is 7.03. The third-order valence-corrected chi connectivity index (χ3v) is 5.19.